The number of pyridine rings is 1. The minimum atomic E-state index is -2.53. The van der Waals surface area contributed by atoms with Gasteiger partial charge in [0, 0.05) is 23.7 Å². The SMILES string of the molecule is C=COc1ccc(C(=O)Nc2cc(F)c(F)c([C@@](CF)(NC(N)=O)O[C@H]3C[C@H]3O)c2)nc1. The number of nitrogens with one attached hydrogen (secondary N) is 2. The second kappa shape index (κ2) is 9.24. The molecule has 3 amide bonds. The van der Waals surface area contributed by atoms with Crippen LogP contribution in [0.1, 0.15) is 22.5 Å². The average Bonchev–Trinajstić information content (AvgIpc) is 3.44. The first kappa shape index (κ1) is 23.0. The number of carbonyl (C=O) groups excluding carboxylic acids is 2. The van der Waals surface area contributed by atoms with Crippen molar-refractivity contribution in [2.75, 3.05) is 12.0 Å². The molecule has 0 spiro atoms. The van der Waals surface area contributed by atoms with Crippen molar-refractivity contribution in [2.24, 2.45) is 5.73 Å². The number of aromatic nitrogens is 1. The van der Waals surface area contributed by atoms with Gasteiger partial charge in [0.2, 0.25) is 5.72 Å². The van der Waals surface area contributed by atoms with Crippen LogP contribution in [0.3, 0.4) is 0 Å². The molecular formula is C20H19F3N4O5. The molecule has 3 atom stereocenters. The molecule has 170 valence electrons. The predicted molar refractivity (Wildman–Crippen MR) is 105 cm³/mol. The number of alkyl halides is 1. The fourth-order valence-corrected chi connectivity index (χ4v) is 2.87. The molecule has 1 saturated carbocycles. The van der Waals surface area contributed by atoms with Gasteiger partial charge in [-0.1, -0.05) is 6.58 Å². The molecule has 1 heterocycles. The number of carbonyl (C=O) groups is 2. The van der Waals surface area contributed by atoms with Crippen LogP contribution < -0.4 is 21.1 Å². The summed E-state index contributed by atoms with van der Waals surface area (Å²) < 4.78 is 53.4. The van der Waals surface area contributed by atoms with Crippen molar-refractivity contribution in [1.29, 1.82) is 0 Å². The summed E-state index contributed by atoms with van der Waals surface area (Å²) >= 11 is 0. The Morgan fingerprint density at radius 1 is 1.38 bits per heavy atom. The van der Waals surface area contributed by atoms with Crippen LogP contribution in [0.5, 0.6) is 5.75 Å². The van der Waals surface area contributed by atoms with E-state index in [4.69, 9.17) is 15.2 Å². The number of hydrogen-bond acceptors (Lipinski definition) is 6. The molecule has 32 heavy (non-hydrogen) atoms. The molecule has 0 radical (unpaired) electrons. The van der Waals surface area contributed by atoms with Crippen LogP contribution in [0.4, 0.5) is 23.7 Å². The number of nitrogens with zero attached hydrogens (tertiary/aromatic N) is 1. The molecule has 0 aliphatic heterocycles. The van der Waals surface area contributed by atoms with Gasteiger partial charge in [-0.15, -0.1) is 0 Å². The topological polar surface area (TPSA) is 136 Å². The van der Waals surface area contributed by atoms with Gasteiger partial charge in [0.15, 0.2) is 11.6 Å². The van der Waals surface area contributed by atoms with E-state index in [0.717, 1.165) is 6.07 Å². The zero-order valence-electron chi connectivity index (χ0n) is 16.5. The summed E-state index contributed by atoms with van der Waals surface area (Å²) in [5, 5.41) is 13.7. The highest BCUT2D eigenvalue weighted by Gasteiger charge is 2.48. The van der Waals surface area contributed by atoms with Gasteiger partial charge in [-0.25, -0.2) is 22.9 Å². The zero-order valence-corrected chi connectivity index (χ0v) is 16.5. The van der Waals surface area contributed by atoms with Gasteiger partial charge in [0.05, 0.1) is 24.7 Å². The summed E-state index contributed by atoms with van der Waals surface area (Å²) in [6.07, 6.45) is 0.608. The highest BCUT2D eigenvalue weighted by molar-refractivity contribution is 6.02. The highest BCUT2D eigenvalue weighted by Crippen LogP contribution is 2.37. The van der Waals surface area contributed by atoms with Crippen LogP contribution >= 0.6 is 0 Å². The molecule has 2 aromatic rings. The maximum Gasteiger partial charge on any atom is 0.314 e. The van der Waals surface area contributed by atoms with Crippen molar-refractivity contribution in [3.05, 3.63) is 66.2 Å². The second-order valence-electron chi connectivity index (χ2n) is 6.85. The third-order valence-electron chi connectivity index (χ3n) is 4.48. The number of halogens is 3. The zero-order chi connectivity index (χ0) is 23.5. The third kappa shape index (κ3) is 4.98. The van der Waals surface area contributed by atoms with Crippen molar-refractivity contribution in [3.8, 4) is 5.75 Å². The van der Waals surface area contributed by atoms with E-state index in [1.807, 2.05) is 5.32 Å². The highest BCUT2D eigenvalue weighted by atomic mass is 19.2. The maximum atomic E-state index is 14.6. The van der Waals surface area contributed by atoms with Gasteiger partial charge in [0.1, 0.15) is 18.1 Å². The fourth-order valence-electron chi connectivity index (χ4n) is 2.87. The van der Waals surface area contributed by atoms with Crippen molar-refractivity contribution in [3.63, 3.8) is 0 Å². The average molecular weight is 452 g/mol. The molecule has 12 heteroatoms. The molecule has 1 aliphatic rings. The summed E-state index contributed by atoms with van der Waals surface area (Å²) in [6, 6.07) is 3.01. The number of primary amides is 1. The largest absolute Gasteiger partial charge is 0.464 e. The summed E-state index contributed by atoms with van der Waals surface area (Å²) in [7, 11) is 0. The number of amides is 3. The molecule has 0 bridgehead atoms. The van der Waals surface area contributed by atoms with E-state index >= 15 is 0 Å². The van der Waals surface area contributed by atoms with Crippen LogP contribution in [0.15, 0.2) is 43.3 Å². The standard InChI is InChI=1S/C20H19F3N4O5/c1-2-31-11-3-4-14(25-8-11)18(29)26-10-5-12(17(23)13(22)6-10)20(9-21,27-19(24)30)32-16-7-15(16)28/h2-6,8,15-16,28H,1,7,9H2,(H,26,29)(H3,24,27,30)/t15-,16+,20+/m1/s1. The van der Waals surface area contributed by atoms with E-state index in [0.29, 0.717) is 11.8 Å². The Bertz CT molecular complexity index is 1040. The summed E-state index contributed by atoms with van der Waals surface area (Å²) in [4.78, 5) is 27.8. The number of nitrogens with two attached hydrogens (primary N) is 1. The Morgan fingerprint density at radius 2 is 2.09 bits per heavy atom. The minimum absolute atomic E-state index is 0.0861. The van der Waals surface area contributed by atoms with Crippen molar-refractivity contribution < 1.29 is 37.3 Å². The van der Waals surface area contributed by atoms with Gasteiger partial charge in [-0.05, 0) is 18.2 Å². The molecular weight excluding hydrogens is 433 g/mol. The van der Waals surface area contributed by atoms with E-state index in [-0.39, 0.29) is 17.8 Å². The number of aliphatic hydroxyl groups excluding tert-OH is 1. The van der Waals surface area contributed by atoms with Gasteiger partial charge >= 0.3 is 6.03 Å². The smallest absolute Gasteiger partial charge is 0.314 e. The molecule has 1 aromatic heterocycles. The molecule has 0 saturated heterocycles. The normalized spacial score (nSPS) is 18.9. The van der Waals surface area contributed by atoms with Gasteiger partial charge in [-0.2, -0.15) is 0 Å². The summed E-state index contributed by atoms with van der Waals surface area (Å²) in [6.45, 7) is 1.84. The Hall–Kier alpha value is -3.64. The number of aliphatic hydroxyl groups is 1. The van der Waals surface area contributed by atoms with Crippen molar-refractivity contribution in [1.82, 2.24) is 10.3 Å². The Morgan fingerprint density at radius 3 is 2.62 bits per heavy atom. The lowest BCUT2D eigenvalue weighted by Gasteiger charge is -2.32. The number of anilines is 1. The first-order valence-corrected chi connectivity index (χ1v) is 9.23. The van der Waals surface area contributed by atoms with Gasteiger partial charge in [0.25, 0.3) is 5.91 Å². The lowest BCUT2D eigenvalue weighted by atomic mass is 10.0. The monoisotopic (exact) mass is 452 g/mol. The van der Waals surface area contributed by atoms with Gasteiger partial charge < -0.3 is 30.9 Å². The van der Waals surface area contributed by atoms with Crippen molar-refractivity contribution in [2.45, 2.75) is 24.4 Å². The number of hydrogen-bond donors (Lipinski definition) is 4. The fraction of sp³-hybridized carbons (Fsp3) is 0.250. The van der Waals surface area contributed by atoms with E-state index < -0.39 is 53.7 Å². The molecule has 0 unspecified atom stereocenters. The molecule has 1 fully saturated rings. The second-order valence-corrected chi connectivity index (χ2v) is 6.85. The van der Waals surface area contributed by atoms with Crippen LogP contribution in [-0.2, 0) is 10.5 Å². The summed E-state index contributed by atoms with van der Waals surface area (Å²) in [5.74, 6) is -3.46. The number of benzene rings is 1. The number of urea groups is 1. The van der Waals surface area contributed by atoms with Crippen LogP contribution in [0.2, 0.25) is 0 Å². The first-order chi connectivity index (χ1) is 15.2. The van der Waals surface area contributed by atoms with Gasteiger partial charge in [-0.3, -0.25) is 4.79 Å². The van der Waals surface area contributed by atoms with E-state index in [1.165, 1.54) is 24.6 Å². The number of rotatable bonds is 9. The molecule has 1 aromatic carbocycles. The van der Waals surface area contributed by atoms with E-state index in [2.05, 4.69) is 16.9 Å². The predicted octanol–water partition coefficient (Wildman–Crippen LogP) is 2.07. The first-order valence-electron chi connectivity index (χ1n) is 9.23. The molecule has 3 rings (SSSR count). The summed E-state index contributed by atoms with van der Waals surface area (Å²) in [5.41, 5.74) is 1.41. The molecule has 5 N–H and O–H groups in total. The quantitative estimate of drug-likeness (QED) is 0.340. The lowest BCUT2D eigenvalue weighted by molar-refractivity contribution is -0.104. The van der Waals surface area contributed by atoms with Crippen molar-refractivity contribution >= 4 is 17.6 Å². The van der Waals surface area contributed by atoms with Crippen LogP contribution in [-0.4, -0.2) is 40.9 Å². The lowest BCUT2D eigenvalue weighted by Crippen LogP contribution is -2.53. The Labute approximate surface area is 180 Å². The Balaban J connectivity index is 1.93. The van der Waals surface area contributed by atoms with E-state index in [1.54, 1.807) is 0 Å². The molecule has 9 nitrogen and oxygen atoms in total. The van der Waals surface area contributed by atoms with Crippen LogP contribution in [0.25, 0.3) is 0 Å². The Kier molecular flexibility index (Phi) is 6.65. The van der Waals surface area contributed by atoms with Crippen LogP contribution in [0, 0.1) is 11.6 Å². The maximum absolute atomic E-state index is 14.6. The third-order valence-corrected chi connectivity index (χ3v) is 4.48. The number of ether oxygens (including phenoxy) is 2. The molecule has 1 aliphatic carbocycles. The van der Waals surface area contributed by atoms with E-state index in [9.17, 15) is 27.9 Å². The minimum Gasteiger partial charge on any atom is -0.464 e.